The Bertz CT molecular complexity index is 3470. The van der Waals surface area contributed by atoms with Crippen LogP contribution in [0.5, 0.6) is 11.5 Å². The van der Waals surface area contributed by atoms with E-state index in [1.165, 1.54) is 57.0 Å². The van der Waals surface area contributed by atoms with Gasteiger partial charge in [-0.2, -0.15) is 0 Å². The lowest BCUT2D eigenvalue weighted by molar-refractivity contribution is -0.188. The molecular weight excluding hydrogens is 895 g/mol. The van der Waals surface area contributed by atoms with Crippen LogP contribution in [0.3, 0.4) is 0 Å². The van der Waals surface area contributed by atoms with Gasteiger partial charge in [-0.25, -0.2) is 0 Å². The number of likely N-dealkylation sites (tertiary alicyclic amines) is 1. The van der Waals surface area contributed by atoms with E-state index in [0.29, 0.717) is 36.7 Å². The van der Waals surface area contributed by atoms with Gasteiger partial charge < -0.3 is 19.7 Å². The van der Waals surface area contributed by atoms with Crippen molar-refractivity contribution in [2.45, 2.75) is 142 Å². The van der Waals surface area contributed by atoms with Crippen LogP contribution in [0.25, 0.3) is 32.3 Å². The Kier molecular flexibility index (Phi) is 11.3. The van der Waals surface area contributed by atoms with E-state index in [1.807, 2.05) is 25.1 Å². The number of esters is 1. The Hall–Kier alpha value is -6.35. The average Bonchev–Trinajstić information content (AvgIpc) is 4.07. The minimum atomic E-state index is -1.08. The van der Waals surface area contributed by atoms with Gasteiger partial charge in [0, 0.05) is 24.6 Å². The van der Waals surface area contributed by atoms with E-state index in [2.05, 4.69) is 106 Å². The van der Waals surface area contributed by atoms with Crippen LogP contribution in [0.15, 0.2) is 84.9 Å². The second-order valence-corrected chi connectivity index (χ2v) is 22.7. The number of carboxylic acid groups (broad SMARTS) is 1. The van der Waals surface area contributed by atoms with Gasteiger partial charge in [0.25, 0.3) is 0 Å². The van der Waals surface area contributed by atoms with E-state index < -0.39 is 29.1 Å². The summed E-state index contributed by atoms with van der Waals surface area (Å²) in [5.74, 6) is 0.313. The number of carbonyl (C=O) groups is 3. The van der Waals surface area contributed by atoms with Crippen LogP contribution < -0.4 is 9.47 Å². The van der Waals surface area contributed by atoms with Gasteiger partial charge >= 0.3 is 11.9 Å². The third-order valence-electron chi connectivity index (χ3n) is 17.4. The summed E-state index contributed by atoms with van der Waals surface area (Å²) in [6.07, 6.45) is 7.21. The first kappa shape index (κ1) is 46.7. The molecule has 4 atom stereocenters. The molecule has 8 nitrogen and oxygen atoms in total. The summed E-state index contributed by atoms with van der Waals surface area (Å²) in [6, 6.07) is 30.6. The van der Waals surface area contributed by atoms with Crippen LogP contribution in [0.1, 0.15) is 110 Å². The molecular formula is C64H65NO7. The van der Waals surface area contributed by atoms with Gasteiger partial charge in [0.2, 0.25) is 0 Å². The minimum absolute atomic E-state index is 0.00591. The number of hydrogen-bond donors (Lipinski definition) is 2. The number of hydrogen-bond acceptors (Lipinski definition) is 7. The number of rotatable bonds is 13. The smallest absolute Gasteiger partial charge is 0.315 e. The molecule has 2 aliphatic heterocycles. The molecule has 0 aromatic heterocycles. The third kappa shape index (κ3) is 7.83. The summed E-state index contributed by atoms with van der Waals surface area (Å²) in [5, 5.41) is 29.4. The standard InChI is InChI=1S/C64H65NO7/c1-35-19-42(9-11-44-21-37(3)29-53-47(32-58(67)68)23-39(5)27-51(44)53)49-25-36(2)20-43(50(49)26-35)10-12-45-22-38(4)30-54-48(24-40(6)28-52(45)54)33-59(69)71-56-14-13-46-31-57-64(70)16-15-55(66)62-63(64,60(46)61(56)72-62)17-18-65(57)34-41-7-8-41/h13-14,19-30,41,57,62,70H,7-12,15-18,31-34H2,1-6H3,(H,67,68)/t57-,62+,63+,64-/m1/s1. The van der Waals surface area contributed by atoms with Crippen molar-refractivity contribution in [1.82, 2.24) is 4.90 Å². The molecule has 0 amide bonds. The largest absolute Gasteiger partial charge is 0.481 e. The number of carboxylic acids is 1. The van der Waals surface area contributed by atoms with Gasteiger partial charge in [-0.1, -0.05) is 112 Å². The SMILES string of the molecule is Cc1cc(CCc2cc(C)cc3c(CC(=O)Oc4ccc5c6c4O[C@H]4C(=O)CC[C@@]7(O)[C@@H](C5)N(CC5CC5)CC[C@]647)cc(C)cc23)c2cc(C)cc(CCc3cc(C)cc4c(CC(=O)O)cc(C)cc34)c2c1. The highest BCUT2D eigenvalue weighted by molar-refractivity contribution is 5.95. The number of aliphatic carboxylic acids is 1. The summed E-state index contributed by atoms with van der Waals surface area (Å²) >= 11 is 0. The first-order valence-corrected chi connectivity index (χ1v) is 26.4. The molecule has 7 aromatic rings. The molecule has 0 radical (unpaired) electrons. The van der Waals surface area contributed by atoms with E-state index in [1.54, 1.807) is 0 Å². The number of carbonyl (C=O) groups excluding carboxylic acids is 2. The lowest BCUT2D eigenvalue weighted by atomic mass is 9.49. The minimum Gasteiger partial charge on any atom is -0.481 e. The van der Waals surface area contributed by atoms with Gasteiger partial charge in [0.1, 0.15) is 0 Å². The second-order valence-electron chi connectivity index (χ2n) is 22.7. The van der Waals surface area contributed by atoms with E-state index in [4.69, 9.17) is 9.47 Å². The molecule has 368 valence electrons. The average molecular weight is 960 g/mol. The van der Waals surface area contributed by atoms with E-state index >= 15 is 0 Å². The van der Waals surface area contributed by atoms with Crippen molar-refractivity contribution in [1.29, 1.82) is 0 Å². The zero-order chi connectivity index (χ0) is 50.0. The molecule has 7 aromatic carbocycles. The van der Waals surface area contributed by atoms with Crippen molar-refractivity contribution < 1.29 is 34.1 Å². The number of aryl methyl sites for hydroxylation is 10. The quantitative estimate of drug-likeness (QED) is 0.0868. The molecule has 12 rings (SSSR count). The van der Waals surface area contributed by atoms with Gasteiger partial charge in [0.05, 0.1) is 23.9 Å². The maximum absolute atomic E-state index is 14.2. The van der Waals surface area contributed by atoms with Crippen molar-refractivity contribution in [2.75, 3.05) is 13.1 Å². The van der Waals surface area contributed by atoms with Crippen molar-refractivity contribution in [3.63, 3.8) is 0 Å². The molecule has 0 unspecified atom stereocenters. The fourth-order valence-corrected chi connectivity index (χ4v) is 14.3. The van der Waals surface area contributed by atoms with E-state index in [9.17, 15) is 24.6 Å². The number of ether oxygens (including phenoxy) is 2. The summed E-state index contributed by atoms with van der Waals surface area (Å²) in [6.45, 7) is 14.6. The molecule has 2 heterocycles. The van der Waals surface area contributed by atoms with Crippen LogP contribution in [-0.4, -0.2) is 63.7 Å². The van der Waals surface area contributed by atoms with Gasteiger partial charge in [-0.3, -0.25) is 19.3 Å². The zero-order valence-corrected chi connectivity index (χ0v) is 42.6. The summed E-state index contributed by atoms with van der Waals surface area (Å²) in [5.41, 5.74) is 13.8. The first-order chi connectivity index (χ1) is 34.5. The van der Waals surface area contributed by atoms with Gasteiger partial charge in [-0.15, -0.1) is 0 Å². The number of fused-ring (bicyclic) bond motifs is 3. The highest BCUT2D eigenvalue weighted by Crippen LogP contribution is 2.65. The molecule has 2 N–H and O–H groups in total. The Balaban J connectivity index is 0.811. The van der Waals surface area contributed by atoms with Crippen LogP contribution in [0, 0.1) is 47.5 Å². The number of piperidine rings is 1. The first-order valence-electron chi connectivity index (χ1n) is 26.4. The zero-order valence-electron chi connectivity index (χ0n) is 42.6. The number of aliphatic hydroxyl groups is 1. The lowest BCUT2D eigenvalue weighted by Crippen LogP contribution is -2.76. The summed E-state index contributed by atoms with van der Waals surface area (Å²) in [7, 11) is 0. The van der Waals surface area contributed by atoms with E-state index in [-0.39, 0.29) is 31.1 Å². The predicted octanol–water partition coefficient (Wildman–Crippen LogP) is 11.5. The summed E-state index contributed by atoms with van der Waals surface area (Å²) < 4.78 is 12.9. The van der Waals surface area contributed by atoms with Crippen LogP contribution >= 0.6 is 0 Å². The molecule has 2 saturated carbocycles. The molecule has 3 fully saturated rings. The number of ketones is 1. The van der Waals surface area contributed by atoms with Crippen molar-refractivity contribution in [2.24, 2.45) is 5.92 Å². The normalized spacial score (nSPS) is 22.1. The fourth-order valence-electron chi connectivity index (χ4n) is 14.3. The molecule has 3 aliphatic carbocycles. The molecule has 8 heteroatoms. The molecule has 1 spiro atoms. The predicted molar refractivity (Wildman–Crippen MR) is 284 cm³/mol. The van der Waals surface area contributed by atoms with Crippen LogP contribution in [0.4, 0.5) is 0 Å². The highest BCUT2D eigenvalue weighted by Gasteiger charge is 2.73. The number of nitrogens with zero attached hydrogens (tertiary/aromatic N) is 1. The van der Waals surface area contributed by atoms with Crippen LogP contribution in [0.2, 0.25) is 0 Å². The Morgan fingerprint density at radius 2 is 1.10 bits per heavy atom. The van der Waals surface area contributed by atoms with Crippen LogP contribution in [-0.2, 0) is 64.7 Å². The number of Topliss-reactive ketones (excluding diaryl/α,β-unsaturated/α-hetero) is 1. The van der Waals surface area contributed by atoms with Crippen molar-refractivity contribution in [3.05, 3.63) is 163 Å². The monoisotopic (exact) mass is 959 g/mol. The molecule has 5 aliphatic rings. The Morgan fingerprint density at radius 3 is 1.57 bits per heavy atom. The molecule has 1 saturated heterocycles. The Labute approximate surface area is 422 Å². The van der Waals surface area contributed by atoms with E-state index in [0.717, 1.165) is 105 Å². The second kappa shape index (κ2) is 17.4. The maximum Gasteiger partial charge on any atom is 0.315 e. The fraction of sp³-hybridized carbons (Fsp3) is 0.391. The Morgan fingerprint density at radius 1 is 0.639 bits per heavy atom. The maximum atomic E-state index is 14.2. The summed E-state index contributed by atoms with van der Waals surface area (Å²) in [4.78, 5) is 42.3. The molecule has 72 heavy (non-hydrogen) atoms. The van der Waals surface area contributed by atoms with Gasteiger partial charge in [0.15, 0.2) is 23.4 Å². The number of benzene rings is 7. The topological polar surface area (TPSA) is 113 Å². The molecule has 2 bridgehead atoms. The van der Waals surface area contributed by atoms with Crippen molar-refractivity contribution >= 4 is 50.0 Å². The van der Waals surface area contributed by atoms with Gasteiger partial charge in [-0.05, 0) is 189 Å². The highest BCUT2D eigenvalue weighted by atomic mass is 16.6. The van der Waals surface area contributed by atoms with Crippen molar-refractivity contribution in [3.8, 4) is 11.5 Å². The lowest BCUT2D eigenvalue weighted by Gasteiger charge is -2.62. The third-order valence-corrected chi connectivity index (χ3v) is 17.4.